The van der Waals surface area contributed by atoms with Crippen molar-refractivity contribution in [1.29, 1.82) is 0 Å². The molecule has 0 saturated heterocycles. The van der Waals surface area contributed by atoms with Gasteiger partial charge in [0.2, 0.25) is 12.6 Å². The number of hydrogen-bond donors (Lipinski definition) is 0. The lowest BCUT2D eigenvalue weighted by Crippen LogP contribution is -2.26. The second kappa shape index (κ2) is 5.50. The maximum absolute atomic E-state index is 13.9. The normalized spacial score (nSPS) is 19.0. The van der Waals surface area contributed by atoms with Gasteiger partial charge < -0.3 is 9.77 Å². The van der Waals surface area contributed by atoms with Crippen LogP contribution in [-0.4, -0.2) is 16.2 Å². The van der Waals surface area contributed by atoms with Crippen LogP contribution in [0.1, 0.15) is 19.8 Å². The van der Waals surface area contributed by atoms with Crippen molar-refractivity contribution in [2.24, 2.45) is 0 Å². The minimum atomic E-state index is -3.04. The van der Waals surface area contributed by atoms with Crippen molar-refractivity contribution in [2.75, 3.05) is 0 Å². The summed E-state index contributed by atoms with van der Waals surface area (Å²) < 4.78 is 14.9. The molecule has 0 aliphatic carbocycles. The summed E-state index contributed by atoms with van der Waals surface area (Å²) >= 11 is 0. The maximum atomic E-state index is 13.9. The van der Waals surface area contributed by atoms with Gasteiger partial charge in [0.1, 0.15) is 0 Å². The smallest absolute Gasteiger partial charge is 0.230 e. The van der Waals surface area contributed by atoms with Gasteiger partial charge in [0.05, 0.1) is 0 Å². The van der Waals surface area contributed by atoms with Gasteiger partial charge in [-0.05, 0) is 6.92 Å². The molecular formula is C17H18NO2P. The fourth-order valence-electron chi connectivity index (χ4n) is 2.84. The molecule has 2 aromatic rings. The van der Waals surface area contributed by atoms with Crippen LogP contribution in [-0.2, 0) is 4.57 Å². The number of rotatable bonds is 3. The average Bonchev–Trinajstić information content (AvgIpc) is 2.88. The molecule has 3 nitrogen and oxygen atoms in total. The van der Waals surface area contributed by atoms with Crippen LogP contribution in [0.25, 0.3) is 0 Å². The molecule has 0 spiro atoms. The Balaban J connectivity index is 2.25. The lowest BCUT2D eigenvalue weighted by Gasteiger charge is -2.18. The summed E-state index contributed by atoms with van der Waals surface area (Å²) in [5.41, 5.74) is 0.535. The molecule has 0 fully saturated rings. The largest absolute Gasteiger partial charge is 0.623 e. The zero-order valence-electron chi connectivity index (χ0n) is 12.0. The predicted molar refractivity (Wildman–Crippen MR) is 87.1 cm³/mol. The van der Waals surface area contributed by atoms with Crippen LogP contribution in [0.3, 0.4) is 0 Å². The van der Waals surface area contributed by atoms with Crippen LogP contribution in [0.5, 0.6) is 0 Å². The van der Waals surface area contributed by atoms with Gasteiger partial charge in [-0.1, -0.05) is 60.7 Å². The first-order valence-electron chi connectivity index (χ1n) is 7.18. The van der Waals surface area contributed by atoms with Gasteiger partial charge in [-0.25, -0.2) is 4.74 Å². The van der Waals surface area contributed by atoms with E-state index in [1.807, 2.05) is 67.6 Å². The fourth-order valence-corrected chi connectivity index (χ4v) is 5.84. The van der Waals surface area contributed by atoms with E-state index in [9.17, 15) is 9.77 Å². The summed E-state index contributed by atoms with van der Waals surface area (Å²) in [6, 6.07) is 18.6. The highest BCUT2D eigenvalue weighted by molar-refractivity contribution is 7.93. The molecular weight excluding hydrogens is 281 g/mol. The summed E-state index contributed by atoms with van der Waals surface area (Å²) in [5, 5.41) is 13.9. The van der Waals surface area contributed by atoms with E-state index in [2.05, 4.69) is 0 Å². The Morgan fingerprint density at radius 1 is 1.00 bits per heavy atom. The SMILES string of the molecule is CC1CCC(P(=O)(c2ccccc2)c2ccccc2)=[N+]1[O-]. The predicted octanol–water partition coefficient (Wildman–Crippen LogP) is 3.09. The minimum absolute atomic E-state index is 0.0965. The lowest BCUT2D eigenvalue weighted by atomic mass is 10.2. The molecule has 1 aliphatic rings. The van der Waals surface area contributed by atoms with Gasteiger partial charge in [-0.3, -0.25) is 0 Å². The van der Waals surface area contributed by atoms with Crippen molar-refractivity contribution in [3.05, 3.63) is 65.9 Å². The van der Waals surface area contributed by atoms with Gasteiger partial charge in [-0.15, -0.1) is 0 Å². The van der Waals surface area contributed by atoms with Crippen LogP contribution in [0.2, 0.25) is 0 Å². The Morgan fingerprint density at radius 3 is 1.86 bits per heavy atom. The third-order valence-electron chi connectivity index (χ3n) is 4.04. The van der Waals surface area contributed by atoms with Gasteiger partial charge in [0.25, 0.3) is 0 Å². The number of hydroxylamine groups is 1. The Morgan fingerprint density at radius 2 is 1.48 bits per heavy atom. The first kappa shape index (κ1) is 14.1. The Bertz CT molecular complexity index is 667. The highest BCUT2D eigenvalue weighted by Crippen LogP contribution is 2.48. The molecule has 1 aliphatic heterocycles. The highest BCUT2D eigenvalue weighted by Gasteiger charge is 2.43. The van der Waals surface area contributed by atoms with Crippen molar-refractivity contribution < 1.29 is 9.30 Å². The third kappa shape index (κ3) is 2.32. The van der Waals surface area contributed by atoms with E-state index in [1.165, 1.54) is 0 Å². The van der Waals surface area contributed by atoms with Gasteiger partial charge in [-0.2, -0.15) is 0 Å². The van der Waals surface area contributed by atoms with E-state index < -0.39 is 7.14 Å². The molecule has 2 aromatic carbocycles. The third-order valence-corrected chi connectivity index (χ3v) is 7.24. The van der Waals surface area contributed by atoms with Gasteiger partial charge in [0.15, 0.2) is 6.04 Å². The molecule has 21 heavy (non-hydrogen) atoms. The van der Waals surface area contributed by atoms with E-state index >= 15 is 0 Å². The molecule has 0 bridgehead atoms. The number of benzene rings is 2. The molecule has 3 rings (SSSR count). The van der Waals surface area contributed by atoms with Crippen molar-refractivity contribution in [2.45, 2.75) is 25.8 Å². The molecule has 4 heteroatoms. The van der Waals surface area contributed by atoms with Crippen molar-refractivity contribution >= 4 is 23.2 Å². The number of hydrogen-bond acceptors (Lipinski definition) is 2. The average molecular weight is 299 g/mol. The van der Waals surface area contributed by atoms with Crippen molar-refractivity contribution in [3.8, 4) is 0 Å². The van der Waals surface area contributed by atoms with E-state index in [0.717, 1.165) is 21.8 Å². The van der Waals surface area contributed by atoms with Crippen LogP contribution >= 0.6 is 7.14 Å². The van der Waals surface area contributed by atoms with Crippen molar-refractivity contribution in [1.82, 2.24) is 0 Å². The highest BCUT2D eigenvalue weighted by atomic mass is 31.2. The summed E-state index contributed by atoms with van der Waals surface area (Å²) in [7, 11) is -3.04. The quantitative estimate of drug-likeness (QED) is 0.496. The summed E-state index contributed by atoms with van der Waals surface area (Å²) in [6.45, 7) is 1.89. The Hall–Kier alpha value is -1.86. The van der Waals surface area contributed by atoms with E-state index in [4.69, 9.17) is 0 Å². The molecule has 1 heterocycles. The molecule has 0 amide bonds. The number of nitrogens with zero attached hydrogens (tertiary/aromatic N) is 1. The minimum Gasteiger partial charge on any atom is -0.623 e. The molecule has 1 atom stereocenters. The fraction of sp³-hybridized carbons (Fsp3) is 0.235. The summed E-state index contributed by atoms with van der Waals surface area (Å²) in [5.74, 6) is 0. The molecule has 0 N–H and O–H groups in total. The maximum Gasteiger partial charge on any atom is 0.230 e. The van der Waals surface area contributed by atoms with Gasteiger partial charge >= 0.3 is 0 Å². The van der Waals surface area contributed by atoms with Crippen LogP contribution in [0.4, 0.5) is 0 Å². The second-order valence-corrected chi connectivity index (χ2v) is 8.18. The Labute approximate surface area is 124 Å². The monoisotopic (exact) mass is 299 g/mol. The Kier molecular flexibility index (Phi) is 3.69. The zero-order valence-corrected chi connectivity index (χ0v) is 12.9. The zero-order chi connectivity index (χ0) is 14.9. The lowest BCUT2D eigenvalue weighted by molar-refractivity contribution is -0.485. The van der Waals surface area contributed by atoms with Crippen LogP contribution in [0.15, 0.2) is 60.7 Å². The van der Waals surface area contributed by atoms with Crippen LogP contribution in [0, 0.1) is 5.21 Å². The van der Waals surface area contributed by atoms with Crippen molar-refractivity contribution in [3.63, 3.8) is 0 Å². The standard InChI is InChI=1S/C17H18NO2P/c1-14-12-13-17(18(14)19)21(20,15-8-4-2-5-9-15)16-10-6-3-7-11-16/h2-11,14H,12-13H2,1H3. The van der Waals surface area contributed by atoms with E-state index in [0.29, 0.717) is 11.9 Å². The second-order valence-electron chi connectivity index (χ2n) is 5.41. The van der Waals surface area contributed by atoms with E-state index in [-0.39, 0.29) is 6.04 Å². The first-order chi connectivity index (χ1) is 10.1. The summed E-state index contributed by atoms with van der Waals surface area (Å²) in [6.07, 6.45) is 1.37. The molecule has 108 valence electrons. The molecule has 0 radical (unpaired) electrons. The first-order valence-corrected chi connectivity index (χ1v) is 8.89. The molecule has 1 unspecified atom stereocenters. The van der Waals surface area contributed by atoms with E-state index in [1.54, 1.807) is 0 Å². The summed E-state index contributed by atoms with van der Waals surface area (Å²) in [4.78, 5) is 0. The van der Waals surface area contributed by atoms with Gasteiger partial charge in [0, 0.05) is 23.5 Å². The molecule has 0 aromatic heterocycles. The topological polar surface area (TPSA) is 43.1 Å². The van der Waals surface area contributed by atoms with Crippen LogP contribution < -0.4 is 10.6 Å². The molecule has 0 saturated carbocycles.